The van der Waals surface area contributed by atoms with Crippen molar-refractivity contribution in [3.05, 3.63) is 0 Å². The fraction of sp³-hybridized carbons (Fsp3) is 0.667. The van der Waals surface area contributed by atoms with Gasteiger partial charge in [0.05, 0.1) is 0 Å². The summed E-state index contributed by atoms with van der Waals surface area (Å²) in [6.07, 6.45) is 3.06. The molecule has 1 aliphatic rings. The average molecular weight is 159 g/mol. The van der Waals surface area contributed by atoms with Gasteiger partial charge in [-0.1, -0.05) is 12.2 Å². The molecule has 0 aromatic carbocycles. The van der Waals surface area contributed by atoms with E-state index in [1.807, 2.05) is 0 Å². The van der Waals surface area contributed by atoms with Gasteiger partial charge in [0.15, 0.2) is 0 Å². The van der Waals surface area contributed by atoms with Gasteiger partial charge in [-0.15, -0.1) is 0 Å². The summed E-state index contributed by atoms with van der Waals surface area (Å²) in [6.45, 7) is 0. The normalized spacial score (nSPS) is 26.7. The zero-order chi connectivity index (χ0) is 7.56. The lowest BCUT2D eigenvalue weighted by molar-refractivity contribution is -0.124. The summed E-state index contributed by atoms with van der Waals surface area (Å²) in [4.78, 5) is 10.7. The number of carbonyl (C=O) groups excluding carboxylic acids is 1. The highest BCUT2D eigenvalue weighted by atomic mass is 32.1. The molecule has 3 nitrogen and oxygen atoms in total. The topological polar surface area (TPSA) is 40.5 Å². The van der Waals surface area contributed by atoms with Crippen LogP contribution in [0.3, 0.4) is 0 Å². The molecule has 1 saturated heterocycles. The van der Waals surface area contributed by atoms with Gasteiger partial charge >= 0.3 is 0 Å². The van der Waals surface area contributed by atoms with Gasteiger partial charge in [-0.2, -0.15) is 0 Å². The van der Waals surface area contributed by atoms with Gasteiger partial charge in [-0.25, -0.2) is 5.06 Å². The minimum Gasteiger partial charge on any atom is -0.301 e. The van der Waals surface area contributed by atoms with Crippen LogP contribution >= 0.6 is 12.2 Å². The van der Waals surface area contributed by atoms with Crippen LogP contribution in [0.15, 0.2) is 0 Å². The van der Waals surface area contributed by atoms with E-state index in [0.29, 0.717) is 11.4 Å². The smallest absolute Gasteiger partial charge is 0.145 e. The van der Waals surface area contributed by atoms with Crippen LogP contribution in [-0.4, -0.2) is 27.6 Å². The molecular weight excluding hydrogens is 150 g/mol. The Kier molecular flexibility index (Phi) is 2.34. The molecule has 1 aliphatic heterocycles. The highest BCUT2D eigenvalue weighted by molar-refractivity contribution is 7.80. The molecule has 10 heavy (non-hydrogen) atoms. The molecule has 1 rings (SSSR count). The summed E-state index contributed by atoms with van der Waals surface area (Å²) in [7, 11) is 0. The molecule has 0 unspecified atom stereocenters. The molecule has 0 saturated carbocycles. The average Bonchev–Trinajstić information content (AvgIpc) is 1.95. The van der Waals surface area contributed by atoms with E-state index in [1.54, 1.807) is 0 Å². The molecule has 0 spiro atoms. The molecule has 0 aromatic rings. The van der Waals surface area contributed by atoms with Crippen molar-refractivity contribution in [3.8, 4) is 0 Å². The fourth-order valence-corrected chi connectivity index (χ4v) is 1.29. The van der Waals surface area contributed by atoms with Crippen molar-refractivity contribution in [1.82, 2.24) is 5.06 Å². The molecule has 0 bridgehead atoms. The Labute approximate surface area is 64.6 Å². The van der Waals surface area contributed by atoms with E-state index < -0.39 is 6.04 Å². The molecule has 0 amide bonds. The highest BCUT2D eigenvalue weighted by Gasteiger charge is 2.22. The number of carbonyl (C=O) groups is 1. The minimum absolute atomic E-state index is 0.402. The van der Waals surface area contributed by atoms with Gasteiger partial charge in [0, 0.05) is 6.42 Å². The fourth-order valence-electron chi connectivity index (χ4n) is 1.01. The second-order valence-corrected chi connectivity index (χ2v) is 2.81. The Morgan fingerprint density at radius 3 is 3.00 bits per heavy atom. The zero-order valence-corrected chi connectivity index (χ0v) is 6.30. The van der Waals surface area contributed by atoms with Crippen molar-refractivity contribution < 1.29 is 10.0 Å². The lowest BCUT2D eigenvalue weighted by Gasteiger charge is -2.28. The van der Waals surface area contributed by atoms with Gasteiger partial charge in [0.1, 0.15) is 17.3 Å². The van der Waals surface area contributed by atoms with E-state index in [9.17, 15) is 4.79 Å². The molecule has 56 valence electrons. The molecule has 0 radical (unpaired) electrons. The standard InChI is InChI=1S/C6H9NO2S/c8-4-5-2-1-3-6(10)7(5)9/h4-5,9H,1-3H2/t5-/m0/s1. The maximum atomic E-state index is 10.3. The van der Waals surface area contributed by atoms with Crippen molar-refractivity contribution in [2.45, 2.75) is 25.3 Å². The molecule has 1 N–H and O–H groups in total. The highest BCUT2D eigenvalue weighted by Crippen LogP contribution is 2.15. The Hall–Kier alpha value is -0.480. The van der Waals surface area contributed by atoms with Crippen LogP contribution in [0, 0.1) is 0 Å². The van der Waals surface area contributed by atoms with Crippen LogP contribution in [0.4, 0.5) is 0 Å². The first kappa shape index (κ1) is 7.63. The maximum Gasteiger partial charge on any atom is 0.145 e. The van der Waals surface area contributed by atoms with Gasteiger partial charge < -0.3 is 4.79 Å². The second-order valence-electron chi connectivity index (χ2n) is 2.33. The molecular formula is C6H9NO2S. The predicted molar refractivity (Wildman–Crippen MR) is 39.9 cm³/mol. The van der Waals surface area contributed by atoms with Crippen molar-refractivity contribution in [2.75, 3.05) is 0 Å². The third-order valence-corrected chi connectivity index (χ3v) is 2.01. The number of rotatable bonds is 1. The Bertz CT molecular complexity index is 160. The van der Waals surface area contributed by atoms with E-state index in [2.05, 4.69) is 0 Å². The molecule has 4 heteroatoms. The van der Waals surface area contributed by atoms with E-state index >= 15 is 0 Å². The van der Waals surface area contributed by atoms with E-state index in [4.69, 9.17) is 17.4 Å². The predicted octanol–water partition coefficient (Wildman–Crippen LogP) is 0.756. The summed E-state index contributed by atoms with van der Waals surface area (Å²) >= 11 is 4.79. The summed E-state index contributed by atoms with van der Waals surface area (Å²) < 4.78 is 0. The van der Waals surface area contributed by atoms with Crippen LogP contribution in [0.5, 0.6) is 0 Å². The van der Waals surface area contributed by atoms with Crippen molar-refractivity contribution in [3.63, 3.8) is 0 Å². The van der Waals surface area contributed by atoms with Crippen molar-refractivity contribution in [2.24, 2.45) is 0 Å². The third-order valence-electron chi connectivity index (χ3n) is 1.62. The van der Waals surface area contributed by atoms with Crippen LogP contribution in [0.1, 0.15) is 19.3 Å². The molecule has 1 fully saturated rings. The van der Waals surface area contributed by atoms with E-state index in [1.165, 1.54) is 0 Å². The monoisotopic (exact) mass is 159 g/mol. The summed E-state index contributed by atoms with van der Waals surface area (Å²) in [5.74, 6) is 0. The summed E-state index contributed by atoms with van der Waals surface area (Å²) in [6, 6.07) is -0.402. The number of hydrogen-bond donors (Lipinski definition) is 1. The first-order valence-electron chi connectivity index (χ1n) is 3.22. The van der Waals surface area contributed by atoms with Crippen LogP contribution in [0.25, 0.3) is 0 Å². The largest absolute Gasteiger partial charge is 0.301 e. The number of nitrogens with zero attached hydrogens (tertiary/aromatic N) is 1. The number of hydroxylamine groups is 2. The van der Waals surface area contributed by atoms with Crippen molar-refractivity contribution >= 4 is 23.5 Å². The SMILES string of the molecule is O=C[C@@H]1CCCC(=S)N1O. The minimum atomic E-state index is -0.402. The van der Waals surface area contributed by atoms with Crippen LogP contribution in [-0.2, 0) is 4.79 Å². The Morgan fingerprint density at radius 1 is 1.80 bits per heavy atom. The summed E-state index contributed by atoms with van der Waals surface area (Å²) in [5, 5.41) is 9.99. The Balaban J connectivity index is 2.59. The number of aldehydes is 1. The third kappa shape index (κ3) is 1.33. The zero-order valence-electron chi connectivity index (χ0n) is 5.49. The number of hydrogen-bond acceptors (Lipinski definition) is 3. The molecule has 1 atom stereocenters. The first-order valence-corrected chi connectivity index (χ1v) is 3.63. The van der Waals surface area contributed by atoms with Crippen LogP contribution < -0.4 is 0 Å². The van der Waals surface area contributed by atoms with Gasteiger partial charge in [-0.05, 0) is 12.8 Å². The Morgan fingerprint density at radius 2 is 2.50 bits per heavy atom. The van der Waals surface area contributed by atoms with Gasteiger partial charge in [-0.3, -0.25) is 5.21 Å². The number of piperidine rings is 1. The van der Waals surface area contributed by atoms with E-state index in [-0.39, 0.29) is 0 Å². The molecule has 0 aliphatic carbocycles. The van der Waals surface area contributed by atoms with Crippen LogP contribution in [0.2, 0.25) is 0 Å². The lowest BCUT2D eigenvalue weighted by Crippen LogP contribution is -2.40. The van der Waals surface area contributed by atoms with E-state index in [0.717, 1.165) is 24.2 Å². The summed E-state index contributed by atoms with van der Waals surface area (Å²) in [5.41, 5.74) is 0. The lowest BCUT2D eigenvalue weighted by atomic mass is 10.1. The molecule has 0 aromatic heterocycles. The first-order chi connectivity index (χ1) is 4.75. The van der Waals surface area contributed by atoms with Gasteiger partial charge in [0.25, 0.3) is 0 Å². The quantitative estimate of drug-likeness (QED) is 0.453. The van der Waals surface area contributed by atoms with Gasteiger partial charge in [0.2, 0.25) is 0 Å². The maximum absolute atomic E-state index is 10.3. The van der Waals surface area contributed by atoms with Crippen molar-refractivity contribution in [1.29, 1.82) is 0 Å². The molecule has 1 heterocycles. The second kappa shape index (κ2) is 3.07. The number of thiocarbonyl (C=S) groups is 1.